The molecule has 44 heavy (non-hydrogen) atoms. The van der Waals surface area contributed by atoms with Crippen molar-refractivity contribution >= 4 is 22.8 Å². The van der Waals surface area contributed by atoms with Crippen LogP contribution in [-0.2, 0) is 9.53 Å². The normalized spacial score (nSPS) is 17.7. The number of benzene rings is 2. The lowest BCUT2D eigenvalue weighted by Crippen LogP contribution is -2.54. The maximum absolute atomic E-state index is 15.6. The summed E-state index contributed by atoms with van der Waals surface area (Å²) < 4.78 is 28.3. The van der Waals surface area contributed by atoms with Gasteiger partial charge in [-0.15, -0.1) is 0 Å². The molecule has 4 aromatic rings. The van der Waals surface area contributed by atoms with Crippen molar-refractivity contribution in [3.8, 4) is 28.8 Å². The first-order valence-electron chi connectivity index (χ1n) is 14.5. The monoisotopic (exact) mass is 596 g/mol. The maximum atomic E-state index is 15.6. The van der Waals surface area contributed by atoms with Crippen LogP contribution in [0.25, 0.3) is 22.3 Å². The number of rotatable bonds is 8. The Morgan fingerprint density at radius 3 is 2.70 bits per heavy atom. The molecule has 1 amide bonds. The molecule has 2 aromatic carbocycles. The molecule has 226 valence electrons. The molecule has 1 atom stereocenters. The molecular formula is C32H33FN8O3. The van der Waals surface area contributed by atoms with E-state index in [-0.39, 0.29) is 34.9 Å². The van der Waals surface area contributed by atoms with Crippen LogP contribution in [0.3, 0.4) is 0 Å². The number of fused-ring (bicyclic) bond motifs is 1. The molecule has 0 bridgehead atoms. The summed E-state index contributed by atoms with van der Waals surface area (Å²) in [5.41, 5.74) is 6.75. The quantitative estimate of drug-likeness (QED) is 0.224. The minimum Gasteiger partial charge on any atom is -0.457 e. The Balaban J connectivity index is 1.28. The molecule has 12 heteroatoms. The summed E-state index contributed by atoms with van der Waals surface area (Å²) in [6.07, 6.45) is 4.42. The number of hydrogen-bond donors (Lipinski definition) is 2. The van der Waals surface area contributed by atoms with E-state index in [0.717, 1.165) is 0 Å². The van der Waals surface area contributed by atoms with Crippen LogP contribution in [0.2, 0.25) is 0 Å². The van der Waals surface area contributed by atoms with Gasteiger partial charge < -0.3 is 25.4 Å². The molecule has 2 aliphatic heterocycles. The van der Waals surface area contributed by atoms with E-state index >= 15 is 4.39 Å². The number of carbonyl (C=O) groups is 1. The molecule has 3 N–H and O–H groups in total. The average molecular weight is 597 g/mol. The minimum absolute atomic E-state index is 0.0702. The van der Waals surface area contributed by atoms with Gasteiger partial charge in [-0.25, -0.2) is 19.0 Å². The number of nitrogens with two attached hydrogens (primary N) is 1. The maximum Gasteiger partial charge on any atom is 0.264 e. The number of nitrogens with one attached hydrogen (secondary N) is 1. The van der Waals surface area contributed by atoms with Gasteiger partial charge in [0, 0.05) is 30.3 Å². The number of nitrogens with zero attached hydrogens (tertiary/aromatic N) is 6. The van der Waals surface area contributed by atoms with Crippen LogP contribution in [0.5, 0.6) is 11.5 Å². The Kier molecular flexibility index (Phi) is 7.99. The van der Waals surface area contributed by atoms with E-state index in [0.29, 0.717) is 67.4 Å². The summed E-state index contributed by atoms with van der Waals surface area (Å²) in [6.45, 7) is 5.86. The average Bonchev–Trinajstić information content (AvgIpc) is 3.39. The number of halogens is 1. The number of aromatic nitrogens is 4. The zero-order chi connectivity index (χ0) is 30.8. The molecule has 2 aliphatic rings. The second kappa shape index (κ2) is 12.0. The summed E-state index contributed by atoms with van der Waals surface area (Å²) in [6, 6.07) is 15.7. The molecule has 11 nitrogen and oxygen atoms in total. The first kappa shape index (κ1) is 29.2. The molecule has 0 spiro atoms. The van der Waals surface area contributed by atoms with Crippen molar-refractivity contribution in [2.75, 3.05) is 32.0 Å². The second-order valence-corrected chi connectivity index (χ2v) is 11.6. The van der Waals surface area contributed by atoms with E-state index in [9.17, 15) is 10.1 Å². The van der Waals surface area contributed by atoms with E-state index in [1.54, 1.807) is 39.9 Å². The molecule has 0 aliphatic carbocycles. The Morgan fingerprint density at radius 2 is 2.00 bits per heavy atom. The largest absolute Gasteiger partial charge is 0.457 e. The van der Waals surface area contributed by atoms with Crippen LogP contribution in [0.15, 0.2) is 66.5 Å². The molecule has 6 rings (SSSR count). The van der Waals surface area contributed by atoms with Gasteiger partial charge in [-0.3, -0.25) is 4.79 Å². The standard InChI is InChI=1S/C32H33FN8O3/c1-32(2,38-21-17-43-18-21)14-20(15-34)31(42)40-12-6-7-22(16-40)41-30-27(29(35)36-19-37-30)28(39-41)25-11-10-24(13-26(25)33)44-23-8-4-3-5-9-23/h3-5,8-11,13-14,19,21-22,38H,6-7,12,16-18H2,1-2H3,(H2,35,36,37)/b20-14-/t22-/m1/s1. The highest BCUT2D eigenvalue weighted by molar-refractivity contribution is 5.99. The molecule has 2 saturated heterocycles. The highest BCUT2D eigenvalue weighted by Crippen LogP contribution is 2.36. The number of amides is 1. The van der Waals surface area contributed by atoms with E-state index in [2.05, 4.69) is 21.4 Å². The van der Waals surface area contributed by atoms with Crippen molar-refractivity contribution in [2.45, 2.75) is 44.3 Å². The molecule has 0 radical (unpaired) electrons. The number of piperidine rings is 1. The zero-order valence-electron chi connectivity index (χ0n) is 24.5. The third kappa shape index (κ3) is 5.97. The predicted octanol–water partition coefficient (Wildman–Crippen LogP) is 4.39. The SMILES string of the molecule is CC(C)(/C=C(/C#N)C(=O)N1CCC[C@@H](n2nc(-c3ccc(Oc4ccccc4)cc3F)c3c(N)ncnc32)C1)NC1COC1. The van der Waals surface area contributed by atoms with Crippen molar-refractivity contribution in [3.05, 3.63) is 72.3 Å². The molecular weight excluding hydrogens is 563 g/mol. The number of ether oxygens (including phenoxy) is 2. The van der Waals surface area contributed by atoms with Crippen LogP contribution in [0, 0.1) is 17.1 Å². The fraction of sp³-hybridized carbons (Fsp3) is 0.344. The number of likely N-dealkylation sites (tertiary alicyclic amines) is 1. The van der Waals surface area contributed by atoms with Crippen molar-refractivity contribution in [2.24, 2.45) is 0 Å². The van der Waals surface area contributed by atoms with E-state index in [1.807, 2.05) is 32.0 Å². The van der Waals surface area contributed by atoms with Gasteiger partial charge in [-0.05, 0) is 57.0 Å². The van der Waals surface area contributed by atoms with Crippen LogP contribution < -0.4 is 15.8 Å². The van der Waals surface area contributed by atoms with Crippen LogP contribution in [-0.4, -0.2) is 68.4 Å². The van der Waals surface area contributed by atoms with E-state index < -0.39 is 11.4 Å². The lowest BCUT2D eigenvalue weighted by molar-refractivity contribution is -0.128. The number of hydrogen-bond acceptors (Lipinski definition) is 9. The summed E-state index contributed by atoms with van der Waals surface area (Å²) in [7, 11) is 0. The number of carbonyl (C=O) groups excluding carboxylic acids is 1. The first-order chi connectivity index (χ1) is 21.2. The fourth-order valence-electron chi connectivity index (χ4n) is 5.71. The molecule has 0 saturated carbocycles. The van der Waals surface area contributed by atoms with Gasteiger partial charge in [0.25, 0.3) is 5.91 Å². The van der Waals surface area contributed by atoms with Gasteiger partial charge in [0.05, 0.1) is 30.7 Å². The zero-order valence-corrected chi connectivity index (χ0v) is 24.5. The number of anilines is 1. The van der Waals surface area contributed by atoms with Crippen molar-refractivity contribution < 1.29 is 18.7 Å². The van der Waals surface area contributed by atoms with Crippen LogP contribution >= 0.6 is 0 Å². The van der Waals surface area contributed by atoms with Crippen molar-refractivity contribution in [3.63, 3.8) is 0 Å². The number of para-hydroxylation sites is 1. The number of nitrogen functional groups attached to an aromatic ring is 1. The highest BCUT2D eigenvalue weighted by atomic mass is 19.1. The molecule has 2 fully saturated rings. The number of nitriles is 1. The highest BCUT2D eigenvalue weighted by Gasteiger charge is 2.32. The van der Waals surface area contributed by atoms with Crippen LogP contribution in [0.4, 0.5) is 10.2 Å². The Bertz CT molecular complexity index is 1760. The molecule has 4 heterocycles. The van der Waals surface area contributed by atoms with Crippen molar-refractivity contribution in [1.82, 2.24) is 30.0 Å². The van der Waals surface area contributed by atoms with Gasteiger partial charge in [-0.1, -0.05) is 18.2 Å². The smallest absolute Gasteiger partial charge is 0.264 e. The van der Waals surface area contributed by atoms with Gasteiger partial charge in [0.2, 0.25) is 0 Å². The minimum atomic E-state index is -0.572. The Hall–Kier alpha value is -4.86. The second-order valence-electron chi connectivity index (χ2n) is 11.6. The molecule has 2 aromatic heterocycles. The van der Waals surface area contributed by atoms with E-state index in [1.165, 1.54) is 12.4 Å². The van der Waals surface area contributed by atoms with Crippen molar-refractivity contribution in [1.29, 1.82) is 5.26 Å². The third-order valence-corrected chi connectivity index (χ3v) is 7.79. The lowest BCUT2D eigenvalue weighted by atomic mass is 9.98. The van der Waals surface area contributed by atoms with Gasteiger partial charge >= 0.3 is 0 Å². The fourth-order valence-corrected chi connectivity index (χ4v) is 5.71. The predicted molar refractivity (Wildman–Crippen MR) is 162 cm³/mol. The van der Waals surface area contributed by atoms with Gasteiger partial charge in [0.15, 0.2) is 5.65 Å². The third-order valence-electron chi connectivity index (χ3n) is 7.79. The summed E-state index contributed by atoms with van der Waals surface area (Å²) in [4.78, 5) is 23.8. The van der Waals surface area contributed by atoms with Crippen LogP contribution in [0.1, 0.15) is 32.7 Å². The summed E-state index contributed by atoms with van der Waals surface area (Å²) in [5, 5.41) is 18.5. The first-order valence-corrected chi connectivity index (χ1v) is 14.5. The topological polar surface area (TPSA) is 144 Å². The summed E-state index contributed by atoms with van der Waals surface area (Å²) in [5.74, 6) is 0.216. The van der Waals surface area contributed by atoms with Gasteiger partial charge in [-0.2, -0.15) is 10.4 Å². The lowest BCUT2D eigenvalue weighted by Gasteiger charge is -2.35. The van der Waals surface area contributed by atoms with Gasteiger partial charge in [0.1, 0.15) is 46.8 Å². The Morgan fingerprint density at radius 1 is 1.20 bits per heavy atom. The Labute approximate surface area is 254 Å². The summed E-state index contributed by atoms with van der Waals surface area (Å²) >= 11 is 0. The van der Waals surface area contributed by atoms with E-state index in [4.69, 9.17) is 20.3 Å². The molecule has 0 unspecified atom stereocenters.